The average Bonchev–Trinajstić information content (AvgIpc) is 3.04. The molecule has 1 aliphatic heterocycles. The van der Waals surface area contributed by atoms with Crippen molar-refractivity contribution in [2.75, 3.05) is 5.32 Å². The zero-order valence-electron chi connectivity index (χ0n) is 12.8. The summed E-state index contributed by atoms with van der Waals surface area (Å²) in [5, 5.41) is 7.91. The van der Waals surface area contributed by atoms with Crippen molar-refractivity contribution in [2.24, 2.45) is 0 Å². The van der Waals surface area contributed by atoms with Gasteiger partial charge in [0.25, 0.3) is 0 Å². The first-order valence-corrected chi connectivity index (χ1v) is 8.48. The minimum absolute atomic E-state index is 0.197. The molecule has 2 heterocycles. The summed E-state index contributed by atoms with van der Waals surface area (Å²) in [5.74, 6) is 0.828. The van der Waals surface area contributed by atoms with E-state index in [0.29, 0.717) is 0 Å². The number of nitrogens with one attached hydrogen (secondary N) is 1. The van der Waals surface area contributed by atoms with E-state index in [4.69, 9.17) is 0 Å². The van der Waals surface area contributed by atoms with Crippen molar-refractivity contribution in [3.63, 3.8) is 0 Å². The van der Waals surface area contributed by atoms with Crippen molar-refractivity contribution in [3.05, 3.63) is 76.0 Å². The van der Waals surface area contributed by atoms with Crippen LogP contribution in [0.4, 0.5) is 5.95 Å². The van der Waals surface area contributed by atoms with Gasteiger partial charge in [0.2, 0.25) is 5.95 Å². The van der Waals surface area contributed by atoms with Crippen molar-refractivity contribution in [1.29, 1.82) is 0 Å². The lowest BCUT2D eigenvalue weighted by atomic mass is 9.93. The van der Waals surface area contributed by atoms with Gasteiger partial charge in [-0.25, -0.2) is 4.68 Å². The zero-order valence-corrected chi connectivity index (χ0v) is 14.4. The van der Waals surface area contributed by atoms with E-state index < -0.39 is 0 Å². The molecule has 0 unspecified atom stereocenters. The van der Waals surface area contributed by atoms with E-state index in [0.717, 1.165) is 16.8 Å². The maximum atomic E-state index is 4.41. The predicted molar refractivity (Wildman–Crippen MR) is 94.5 cm³/mol. The van der Waals surface area contributed by atoms with E-state index in [1.165, 1.54) is 16.7 Å². The molecular weight excluding hydrogens is 352 g/mol. The number of hydrogen-bond acceptors (Lipinski definition) is 3. The fourth-order valence-corrected chi connectivity index (χ4v) is 3.36. The van der Waals surface area contributed by atoms with Crippen LogP contribution < -0.4 is 5.32 Å². The molecule has 0 spiro atoms. The van der Waals surface area contributed by atoms with Crippen LogP contribution in [0.25, 0.3) is 0 Å². The Hall–Kier alpha value is -2.14. The fraction of sp³-hybridized carbons (Fsp3) is 0.222. The molecule has 1 aromatic heterocycles. The molecule has 4 rings (SSSR count). The van der Waals surface area contributed by atoms with Gasteiger partial charge >= 0.3 is 0 Å². The van der Waals surface area contributed by atoms with Gasteiger partial charge in [-0.05, 0) is 36.6 Å². The van der Waals surface area contributed by atoms with E-state index in [9.17, 15) is 0 Å². The Morgan fingerprint density at radius 2 is 1.74 bits per heavy atom. The van der Waals surface area contributed by atoms with Crippen LogP contribution in [0.2, 0.25) is 0 Å². The first-order chi connectivity index (χ1) is 11.2. The Kier molecular flexibility index (Phi) is 3.65. The van der Waals surface area contributed by atoms with Gasteiger partial charge in [0.05, 0.1) is 12.1 Å². The second kappa shape index (κ2) is 5.81. The smallest absolute Gasteiger partial charge is 0.222 e. The van der Waals surface area contributed by atoms with Gasteiger partial charge in [0, 0.05) is 4.47 Å². The SMILES string of the molecule is Cc1ccc([C@H]2C[C@@H](c3ccc(Br)cc3)Nc3ncnn32)cc1. The van der Waals surface area contributed by atoms with Gasteiger partial charge in [-0.3, -0.25) is 0 Å². The third-order valence-corrected chi connectivity index (χ3v) is 4.89. The van der Waals surface area contributed by atoms with E-state index in [1.807, 2.05) is 4.68 Å². The minimum atomic E-state index is 0.197. The lowest BCUT2D eigenvalue weighted by molar-refractivity contribution is 0.431. The molecule has 0 saturated carbocycles. The number of nitrogens with zero attached hydrogens (tertiary/aromatic N) is 3. The Morgan fingerprint density at radius 1 is 1.04 bits per heavy atom. The molecule has 0 fully saturated rings. The molecule has 5 heteroatoms. The van der Waals surface area contributed by atoms with E-state index >= 15 is 0 Å². The number of benzene rings is 2. The standard InChI is InChI=1S/C18H17BrN4/c1-12-2-4-14(5-3-12)17-10-16(13-6-8-15(19)9-7-13)22-18-20-11-21-23(17)18/h2-9,11,16-17H,10H2,1H3,(H,20,21,22)/t16-,17+/m0/s1. The first kappa shape index (κ1) is 14.5. The van der Waals surface area contributed by atoms with Gasteiger partial charge in [-0.15, -0.1) is 0 Å². The van der Waals surface area contributed by atoms with Gasteiger partial charge in [-0.2, -0.15) is 10.1 Å². The Balaban J connectivity index is 1.71. The van der Waals surface area contributed by atoms with Crippen LogP contribution in [-0.2, 0) is 0 Å². The molecular formula is C18H17BrN4. The Morgan fingerprint density at radius 3 is 2.48 bits per heavy atom. The van der Waals surface area contributed by atoms with Crippen LogP contribution in [0, 0.1) is 6.92 Å². The largest absolute Gasteiger partial charge is 0.348 e. The molecule has 2 atom stereocenters. The van der Waals surface area contributed by atoms with Crippen molar-refractivity contribution in [3.8, 4) is 0 Å². The van der Waals surface area contributed by atoms with Crippen LogP contribution in [0.5, 0.6) is 0 Å². The second-order valence-electron chi connectivity index (χ2n) is 5.94. The number of aryl methyl sites for hydroxylation is 1. The third kappa shape index (κ3) is 2.77. The summed E-state index contributed by atoms with van der Waals surface area (Å²) >= 11 is 3.50. The third-order valence-electron chi connectivity index (χ3n) is 4.37. The van der Waals surface area contributed by atoms with Gasteiger partial charge in [0.1, 0.15) is 6.33 Å². The normalized spacial score (nSPS) is 19.9. The van der Waals surface area contributed by atoms with Crippen molar-refractivity contribution < 1.29 is 0 Å². The maximum absolute atomic E-state index is 4.41. The molecule has 4 nitrogen and oxygen atoms in total. The maximum Gasteiger partial charge on any atom is 0.222 e. The highest BCUT2D eigenvalue weighted by atomic mass is 79.9. The highest BCUT2D eigenvalue weighted by Gasteiger charge is 2.29. The first-order valence-electron chi connectivity index (χ1n) is 7.69. The Labute approximate surface area is 143 Å². The molecule has 2 aromatic carbocycles. The van der Waals surface area contributed by atoms with Gasteiger partial charge in [-0.1, -0.05) is 57.9 Å². The average molecular weight is 369 g/mol. The lowest BCUT2D eigenvalue weighted by Crippen LogP contribution is -2.28. The molecule has 0 bridgehead atoms. The summed E-state index contributed by atoms with van der Waals surface area (Å²) in [5.41, 5.74) is 3.80. The number of anilines is 1. The molecule has 116 valence electrons. The monoisotopic (exact) mass is 368 g/mol. The molecule has 1 N–H and O–H groups in total. The topological polar surface area (TPSA) is 42.7 Å². The number of halogens is 1. The van der Waals surface area contributed by atoms with Crippen LogP contribution in [-0.4, -0.2) is 14.8 Å². The minimum Gasteiger partial charge on any atom is -0.348 e. The number of rotatable bonds is 2. The van der Waals surface area contributed by atoms with Gasteiger partial charge in [0.15, 0.2) is 0 Å². The van der Waals surface area contributed by atoms with E-state index in [2.05, 4.69) is 86.8 Å². The van der Waals surface area contributed by atoms with Crippen LogP contribution >= 0.6 is 15.9 Å². The number of aromatic nitrogens is 3. The van der Waals surface area contributed by atoms with E-state index in [-0.39, 0.29) is 12.1 Å². The van der Waals surface area contributed by atoms with Gasteiger partial charge < -0.3 is 5.32 Å². The summed E-state index contributed by atoms with van der Waals surface area (Å²) in [4.78, 5) is 4.37. The van der Waals surface area contributed by atoms with Crippen molar-refractivity contribution in [2.45, 2.75) is 25.4 Å². The Bertz CT molecular complexity index is 808. The highest BCUT2D eigenvalue weighted by molar-refractivity contribution is 9.10. The summed E-state index contributed by atoms with van der Waals surface area (Å²) in [6, 6.07) is 17.6. The van der Waals surface area contributed by atoms with Crippen LogP contribution in [0.3, 0.4) is 0 Å². The quantitative estimate of drug-likeness (QED) is 0.724. The predicted octanol–water partition coefficient (Wildman–Crippen LogP) is 4.50. The number of hydrogen-bond donors (Lipinski definition) is 1. The second-order valence-corrected chi connectivity index (χ2v) is 6.85. The molecule has 0 radical (unpaired) electrons. The summed E-state index contributed by atoms with van der Waals surface area (Å²) in [6.07, 6.45) is 2.56. The lowest BCUT2D eigenvalue weighted by Gasteiger charge is -2.32. The molecule has 23 heavy (non-hydrogen) atoms. The highest BCUT2D eigenvalue weighted by Crippen LogP contribution is 2.37. The molecule has 3 aromatic rings. The summed E-state index contributed by atoms with van der Waals surface area (Å²) in [7, 11) is 0. The number of fused-ring (bicyclic) bond motifs is 1. The molecule has 1 aliphatic rings. The zero-order chi connectivity index (χ0) is 15.8. The van der Waals surface area contributed by atoms with Crippen molar-refractivity contribution in [1.82, 2.24) is 14.8 Å². The summed E-state index contributed by atoms with van der Waals surface area (Å²) in [6.45, 7) is 2.11. The molecule has 0 aliphatic carbocycles. The van der Waals surface area contributed by atoms with Crippen molar-refractivity contribution >= 4 is 21.9 Å². The fourth-order valence-electron chi connectivity index (χ4n) is 3.10. The molecule has 0 saturated heterocycles. The van der Waals surface area contributed by atoms with Crippen LogP contribution in [0.15, 0.2) is 59.3 Å². The van der Waals surface area contributed by atoms with E-state index in [1.54, 1.807) is 6.33 Å². The summed E-state index contributed by atoms with van der Waals surface area (Å²) < 4.78 is 3.08. The van der Waals surface area contributed by atoms with Crippen LogP contribution in [0.1, 0.15) is 35.2 Å². The molecule has 0 amide bonds.